The van der Waals surface area contributed by atoms with Crippen molar-refractivity contribution in [2.75, 3.05) is 5.32 Å². The largest absolute Gasteiger partial charge is 0.508 e. The minimum absolute atomic E-state index is 0.0165. The van der Waals surface area contributed by atoms with Gasteiger partial charge < -0.3 is 20.6 Å². The molecule has 0 bridgehead atoms. The van der Waals surface area contributed by atoms with E-state index >= 15 is 0 Å². The van der Waals surface area contributed by atoms with Crippen molar-refractivity contribution in [3.05, 3.63) is 52.5 Å². The highest BCUT2D eigenvalue weighted by Crippen LogP contribution is 2.24. The third-order valence-corrected chi connectivity index (χ3v) is 2.86. The normalized spacial score (nSPS) is 10.1. The Labute approximate surface area is 124 Å². The molecule has 21 heavy (non-hydrogen) atoms. The van der Waals surface area contributed by atoms with Gasteiger partial charge in [-0.25, -0.2) is 4.79 Å². The zero-order chi connectivity index (χ0) is 15.6. The highest BCUT2D eigenvalue weighted by Gasteiger charge is 2.15. The number of carboxylic acid groups (broad SMARTS) is 1. The Kier molecular flexibility index (Phi) is 4.00. The Balaban J connectivity index is 2.35. The minimum Gasteiger partial charge on any atom is -0.508 e. The van der Waals surface area contributed by atoms with Gasteiger partial charge in [0.15, 0.2) is 0 Å². The lowest BCUT2D eigenvalue weighted by Crippen LogP contribution is -2.14. The topological polar surface area (TPSA) is 107 Å². The summed E-state index contributed by atoms with van der Waals surface area (Å²) in [5.74, 6) is -2.49. The number of rotatable bonds is 3. The zero-order valence-corrected chi connectivity index (χ0v) is 11.3. The summed E-state index contributed by atoms with van der Waals surface area (Å²) in [7, 11) is 0. The zero-order valence-electron chi connectivity index (χ0n) is 10.5. The highest BCUT2D eigenvalue weighted by atomic mass is 35.5. The number of anilines is 1. The lowest BCUT2D eigenvalue weighted by atomic mass is 10.1. The number of halogens is 1. The smallest absolute Gasteiger partial charge is 0.337 e. The molecule has 108 valence electrons. The Morgan fingerprint density at radius 3 is 2.19 bits per heavy atom. The van der Waals surface area contributed by atoms with E-state index < -0.39 is 11.9 Å². The van der Waals surface area contributed by atoms with Gasteiger partial charge in [0.05, 0.1) is 11.3 Å². The number of phenols is 2. The molecule has 0 atom stereocenters. The maximum atomic E-state index is 12.0. The fraction of sp³-hybridized carbons (Fsp3) is 0. The van der Waals surface area contributed by atoms with Crippen molar-refractivity contribution in [1.82, 2.24) is 0 Å². The maximum Gasteiger partial charge on any atom is 0.337 e. The quantitative estimate of drug-likeness (QED) is 0.697. The van der Waals surface area contributed by atoms with Crippen LogP contribution in [0.25, 0.3) is 0 Å². The molecule has 0 fully saturated rings. The van der Waals surface area contributed by atoms with E-state index in [1.807, 2.05) is 0 Å². The molecule has 6 nitrogen and oxygen atoms in total. The number of aromatic carboxylic acids is 1. The first kappa shape index (κ1) is 14.7. The fourth-order valence-electron chi connectivity index (χ4n) is 1.73. The van der Waals surface area contributed by atoms with Gasteiger partial charge in [-0.05, 0) is 30.3 Å². The van der Waals surface area contributed by atoms with Crippen molar-refractivity contribution >= 4 is 29.2 Å². The van der Waals surface area contributed by atoms with Gasteiger partial charge in [0.25, 0.3) is 5.91 Å². The molecule has 0 unspecified atom stereocenters. The van der Waals surface area contributed by atoms with Crippen LogP contribution in [0.3, 0.4) is 0 Å². The highest BCUT2D eigenvalue weighted by molar-refractivity contribution is 6.31. The Bertz CT molecular complexity index is 709. The van der Waals surface area contributed by atoms with Crippen LogP contribution in [0.2, 0.25) is 5.02 Å². The van der Waals surface area contributed by atoms with E-state index in [0.29, 0.717) is 0 Å². The molecule has 0 aliphatic carbocycles. The van der Waals surface area contributed by atoms with Gasteiger partial charge in [-0.2, -0.15) is 0 Å². The molecule has 0 radical (unpaired) electrons. The van der Waals surface area contributed by atoms with Crippen LogP contribution in [0.4, 0.5) is 5.69 Å². The number of hydrogen-bond donors (Lipinski definition) is 4. The molecule has 0 aliphatic rings. The van der Waals surface area contributed by atoms with Crippen LogP contribution < -0.4 is 5.32 Å². The van der Waals surface area contributed by atoms with Gasteiger partial charge in [-0.3, -0.25) is 4.79 Å². The number of hydrogen-bond acceptors (Lipinski definition) is 4. The van der Waals surface area contributed by atoms with E-state index in [-0.39, 0.29) is 33.3 Å². The van der Waals surface area contributed by atoms with Crippen LogP contribution in [-0.4, -0.2) is 27.2 Å². The standard InChI is InChI=1S/C14H10ClNO5/c15-8-1-2-11(14(20)21)12(5-8)16-13(19)7-3-9(17)6-10(18)4-7/h1-6,17-18H,(H,16,19)(H,20,21). The molecular weight excluding hydrogens is 298 g/mol. The van der Waals surface area contributed by atoms with Gasteiger partial charge in [0.1, 0.15) is 11.5 Å². The average Bonchev–Trinajstić information content (AvgIpc) is 2.37. The number of carboxylic acids is 1. The molecule has 4 N–H and O–H groups in total. The summed E-state index contributed by atoms with van der Waals surface area (Å²) in [5.41, 5.74) is -0.135. The van der Waals surface area contributed by atoms with Crippen LogP contribution in [0.15, 0.2) is 36.4 Å². The number of amides is 1. The summed E-state index contributed by atoms with van der Waals surface area (Å²) < 4.78 is 0. The monoisotopic (exact) mass is 307 g/mol. The van der Waals surface area contributed by atoms with Gasteiger partial charge in [0, 0.05) is 16.7 Å². The summed E-state index contributed by atoms with van der Waals surface area (Å²) in [6.07, 6.45) is 0. The molecule has 1 amide bonds. The first-order valence-corrected chi connectivity index (χ1v) is 6.12. The van der Waals surface area contributed by atoms with Crippen LogP contribution >= 0.6 is 11.6 Å². The summed E-state index contributed by atoms with van der Waals surface area (Å²) in [4.78, 5) is 23.1. The first-order valence-electron chi connectivity index (χ1n) is 5.74. The van der Waals surface area contributed by atoms with Gasteiger partial charge in [0.2, 0.25) is 0 Å². The van der Waals surface area contributed by atoms with Crippen molar-refractivity contribution in [1.29, 1.82) is 0 Å². The second kappa shape index (κ2) is 5.72. The van der Waals surface area contributed by atoms with E-state index in [9.17, 15) is 19.8 Å². The second-order valence-electron chi connectivity index (χ2n) is 4.19. The Hall–Kier alpha value is -2.73. The maximum absolute atomic E-state index is 12.0. The third kappa shape index (κ3) is 3.43. The van der Waals surface area contributed by atoms with Crippen molar-refractivity contribution in [2.45, 2.75) is 0 Å². The Morgan fingerprint density at radius 2 is 1.62 bits per heavy atom. The predicted octanol–water partition coefficient (Wildman–Crippen LogP) is 2.70. The summed E-state index contributed by atoms with van der Waals surface area (Å²) in [6, 6.07) is 7.30. The minimum atomic E-state index is -1.22. The number of carbonyl (C=O) groups is 2. The average molecular weight is 308 g/mol. The van der Waals surface area contributed by atoms with Crippen molar-refractivity contribution in [3.63, 3.8) is 0 Å². The van der Waals surface area contributed by atoms with E-state index in [1.54, 1.807) is 0 Å². The molecule has 0 aliphatic heterocycles. The molecule has 0 saturated heterocycles. The number of benzene rings is 2. The van der Waals surface area contributed by atoms with E-state index in [2.05, 4.69) is 5.32 Å². The SMILES string of the molecule is O=C(Nc1cc(Cl)ccc1C(=O)O)c1cc(O)cc(O)c1. The second-order valence-corrected chi connectivity index (χ2v) is 4.62. The molecular formula is C14H10ClNO5. The Morgan fingerprint density at radius 1 is 1.00 bits per heavy atom. The number of carbonyl (C=O) groups excluding carboxylic acids is 1. The fourth-order valence-corrected chi connectivity index (χ4v) is 1.90. The van der Waals surface area contributed by atoms with Crippen molar-refractivity contribution < 1.29 is 24.9 Å². The van der Waals surface area contributed by atoms with Crippen LogP contribution in [-0.2, 0) is 0 Å². The number of aromatic hydroxyl groups is 2. The molecule has 0 heterocycles. The molecule has 2 aromatic carbocycles. The predicted molar refractivity (Wildman–Crippen MR) is 76.1 cm³/mol. The van der Waals surface area contributed by atoms with Crippen LogP contribution in [0.5, 0.6) is 11.5 Å². The van der Waals surface area contributed by atoms with Gasteiger partial charge in [-0.1, -0.05) is 11.6 Å². The molecule has 0 aromatic heterocycles. The van der Waals surface area contributed by atoms with Crippen molar-refractivity contribution in [2.24, 2.45) is 0 Å². The number of nitrogens with one attached hydrogen (secondary N) is 1. The van der Waals surface area contributed by atoms with Crippen molar-refractivity contribution in [3.8, 4) is 11.5 Å². The van der Waals surface area contributed by atoms with E-state index in [4.69, 9.17) is 16.7 Å². The van der Waals surface area contributed by atoms with Crippen LogP contribution in [0.1, 0.15) is 20.7 Å². The summed E-state index contributed by atoms with van der Waals surface area (Å²) >= 11 is 5.78. The third-order valence-electron chi connectivity index (χ3n) is 2.62. The number of phenolic OH excluding ortho intramolecular Hbond substituents is 2. The van der Waals surface area contributed by atoms with Crippen LogP contribution in [0, 0.1) is 0 Å². The molecule has 2 rings (SSSR count). The first-order chi connectivity index (χ1) is 9.86. The van der Waals surface area contributed by atoms with E-state index in [0.717, 1.165) is 18.2 Å². The molecule has 7 heteroatoms. The van der Waals surface area contributed by atoms with Gasteiger partial charge in [-0.15, -0.1) is 0 Å². The van der Waals surface area contributed by atoms with Gasteiger partial charge >= 0.3 is 5.97 Å². The summed E-state index contributed by atoms with van der Waals surface area (Å²) in [6.45, 7) is 0. The van der Waals surface area contributed by atoms with E-state index in [1.165, 1.54) is 18.2 Å². The molecule has 2 aromatic rings. The lowest BCUT2D eigenvalue weighted by molar-refractivity contribution is 0.0698. The summed E-state index contributed by atoms with van der Waals surface area (Å²) in [5, 5.41) is 30.4. The lowest BCUT2D eigenvalue weighted by Gasteiger charge is -2.09. The molecule has 0 saturated carbocycles. The molecule has 0 spiro atoms.